The summed E-state index contributed by atoms with van der Waals surface area (Å²) >= 11 is 0. The normalized spacial score (nSPS) is 12.2. The van der Waals surface area contributed by atoms with Crippen molar-refractivity contribution in [3.63, 3.8) is 0 Å². The number of hydrogen-bond donors (Lipinski definition) is 3. The molecule has 2 amide bonds. The van der Waals surface area contributed by atoms with Gasteiger partial charge in [0.1, 0.15) is 5.82 Å². The predicted molar refractivity (Wildman–Crippen MR) is 78.7 cm³/mol. The second-order valence-corrected chi connectivity index (χ2v) is 5.67. The average molecular weight is 296 g/mol. The minimum absolute atomic E-state index is 0.0523. The Morgan fingerprint density at radius 3 is 2.71 bits per heavy atom. The van der Waals surface area contributed by atoms with E-state index < -0.39 is 5.97 Å². The van der Waals surface area contributed by atoms with Crippen molar-refractivity contribution in [2.75, 3.05) is 13.6 Å². The predicted octanol–water partition coefficient (Wildman–Crippen LogP) is 1.69. The summed E-state index contributed by atoms with van der Waals surface area (Å²) in [5.41, 5.74) is 0. The fourth-order valence-electron chi connectivity index (χ4n) is 2.20. The molecule has 0 spiro atoms. The quantitative estimate of drug-likeness (QED) is 0.680. The Morgan fingerprint density at radius 1 is 1.48 bits per heavy atom. The smallest absolute Gasteiger partial charge is 0.317 e. The third kappa shape index (κ3) is 6.78. The maximum absolute atomic E-state index is 12.0. The maximum atomic E-state index is 12.0. The van der Waals surface area contributed by atoms with Gasteiger partial charge in [0.15, 0.2) is 0 Å². The highest BCUT2D eigenvalue weighted by Crippen LogP contribution is 2.14. The van der Waals surface area contributed by atoms with Gasteiger partial charge in [0, 0.05) is 32.4 Å². The number of carbonyl (C=O) groups excluding carboxylic acids is 1. The number of nitrogens with one attached hydrogen (secondary N) is 2. The first-order valence-corrected chi connectivity index (χ1v) is 7.07. The fraction of sp³-hybridized carbons (Fsp3) is 0.643. The van der Waals surface area contributed by atoms with Crippen LogP contribution in [0.5, 0.6) is 0 Å². The van der Waals surface area contributed by atoms with E-state index >= 15 is 0 Å². The van der Waals surface area contributed by atoms with Gasteiger partial charge >= 0.3 is 12.0 Å². The molecular weight excluding hydrogens is 272 g/mol. The summed E-state index contributed by atoms with van der Waals surface area (Å²) in [5.74, 6) is 0.214. The summed E-state index contributed by atoms with van der Waals surface area (Å²) in [7, 11) is 1.67. The van der Waals surface area contributed by atoms with Crippen LogP contribution in [0.2, 0.25) is 0 Å². The molecule has 1 aromatic rings. The Hall–Kier alpha value is -2.05. The monoisotopic (exact) mass is 296 g/mol. The lowest BCUT2D eigenvalue weighted by atomic mass is 9.94. The number of imidazole rings is 1. The number of carboxylic acid groups (broad SMARTS) is 1. The largest absolute Gasteiger partial charge is 0.481 e. The third-order valence-corrected chi connectivity index (χ3v) is 3.10. The van der Waals surface area contributed by atoms with E-state index in [1.807, 2.05) is 13.8 Å². The first-order chi connectivity index (χ1) is 9.88. The van der Waals surface area contributed by atoms with Gasteiger partial charge in [-0.1, -0.05) is 13.8 Å². The molecule has 1 heterocycles. The van der Waals surface area contributed by atoms with E-state index in [4.69, 9.17) is 5.11 Å². The molecule has 0 bridgehead atoms. The standard InChI is InChI=1S/C14H24N4O3/c1-10(2)6-11(7-13(19)20)8-17-14(21)18(3)9-12-15-4-5-16-12/h4-5,10-11H,6-9H2,1-3H3,(H,15,16)(H,17,21)(H,19,20). The zero-order valence-electron chi connectivity index (χ0n) is 12.8. The van der Waals surface area contributed by atoms with E-state index in [0.29, 0.717) is 24.8 Å². The van der Waals surface area contributed by atoms with Crippen molar-refractivity contribution >= 4 is 12.0 Å². The minimum atomic E-state index is -0.834. The van der Waals surface area contributed by atoms with E-state index in [1.165, 1.54) is 4.90 Å². The molecule has 0 aromatic carbocycles. The lowest BCUT2D eigenvalue weighted by Gasteiger charge is -2.21. The number of rotatable bonds is 8. The molecule has 0 fully saturated rings. The van der Waals surface area contributed by atoms with Crippen LogP contribution in [0.15, 0.2) is 12.4 Å². The van der Waals surface area contributed by atoms with Crippen molar-refractivity contribution in [1.82, 2.24) is 20.2 Å². The molecule has 0 saturated carbocycles. The van der Waals surface area contributed by atoms with Crippen LogP contribution in [-0.4, -0.2) is 45.6 Å². The number of aromatic amines is 1. The number of carbonyl (C=O) groups is 2. The first-order valence-electron chi connectivity index (χ1n) is 7.07. The van der Waals surface area contributed by atoms with E-state index in [9.17, 15) is 9.59 Å². The molecule has 1 rings (SSSR count). The summed E-state index contributed by atoms with van der Waals surface area (Å²) in [4.78, 5) is 31.3. The van der Waals surface area contributed by atoms with Crippen LogP contribution in [0.25, 0.3) is 0 Å². The SMILES string of the molecule is CC(C)CC(CNC(=O)N(C)Cc1ncc[nH]1)CC(=O)O. The molecule has 0 radical (unpaired) electrons. The summed E-state index contributed by atoms with van der Waals surface area (Å²) in [6, 6.07) is -0.231. The Balaban J connectivity index is 2.42. The highest BCUT2D eigenvalue weighted by Gasteiger charge is 2.17. The molecule has 7 heteroatoms. The number of urea groups is 1. The molecule has 0 aliphatic heterocycles. The molecule has 3 N–H and O–H groups in total. The second kappa shape index (κ2) is 8.28. The molecule has 0 aliphatic carbocycles. The van der Waals surface area contributed by atoms with Crippen LogP contribution in [-0.2, 0) is 11.3 Å². The molecule has 0 saturated heterocycles. The number of carboxylic acids is 1. The van der Waals surface area contributed by atoms with E-state index in [2.05, 4.69) is 15.3 Å². The molecule has 21 heavy (non-hydrogen) atoms. The van der Waals surface area contributed by atoms with Gasteiger partial charge in [-0.25, -0.2) is 9.78 Å². The zero-order chi connectivity index (χ0) is 15.8. The molecule has 1 atom stereocenters. The Labute approximate surface area is 124 Å². The number of H-pyrrole nitrogens is 1. The lowest BCUT2D eigenvalue weighted by Crippen LogP contribution is -2.40. The number of amides is 2. The van der Waals surface area contributed by atoms with Crippen LogP contribution >= 0.6 is 0 Å². The van der Waals surface area contributed by atoms with Crippen molar-refractivity contribution in [3.05, 3.63) is 18.2 Å². The minimum Gasteiger partial charge on any atom is -0.481 e. The van der Waals surface area contributed by atoms with Gasteiger partial charge < -0.3 is 20.3 Å². The van der Waals surface area contributed by atoms with E-state index in [0.717, 1.165) is 6.42 Å². The van der Waals surface area contributed by atoms with Gasteiger partial charge in [-0.15, -0.1) is 0 Å². The van der Waals surface area contributed by atoms with Crippen molar-refractivity contribution in [2.24, 2.45) is 11.8 Å². The lowest BCUT2D eigenvalue weighted by molar-refractivity contribution is -0.138. The summed E-state index contributed by atoms with van der Waals surface area (Å²) in [5, 5.41) is 11.7. The molecule has 1 unspecified atom stereocenters. The molecule has 1 aromatic heterocycles. The van der Waals surface area contributed by atoms with Crippen LogP contribution < -0.4 is 5.32 Å². The topological polar surface area (TPSA) is 98.3 Å². The highest BCUT2D eigenvalue weighted by molar-refractivity contribution is 5.74. The zero-order valence-corrected chi connectivity index (χ0v) is 12.8. The van der Waals surface area contributed by atoms with E-state index in [1.54, 1.807) is 19.4 Å². The van der Waals surface area contributed by atoms with Crippen LogP contribution in [0.1, 0.15) is 32.5 Å². The fourth-order valence-corrected chi connectivity index (χ4v) is 2.20. The molecule has 7 nitrogen and oxygen atoms in total. The van der Waals surface area contributed by atoms with Crippen LogP contribution in [0.3, 0.4) is 0 Å². The maximum Gasteiger partial charge on any atom is 0.317 e. The summed E-state index contributed by atoms with van der Waals surface area (Å²) < 4.78 is 0. The van der Waals surface area contributed by atoms with Crippen molar-refractivity contribution in [3.8, 4) is 0 Å². The van der Waals surface area contributed by atoms with Crippen molar-refractivity contribution in [2.45, 2.75) is 33.2 Å². The second-order valence-electron chi connectivity index (χ2n) is 5.67. The third-order valence-electron chi connectivity index (χ3n) is 3.10. The Kier molecular flexibility index (Phi) is 6.71. The van der Waals surface area contributed by atoms with Gasteiger partial charge in [0.25, 0.3) is 0 Å². The van der Waals surface area contributed by atoms with Gasteiger partial charge in [0.2, 0.25) is 0 Å². The van der Waals surface area contributed by atoms with Crippen molar-refractivity contribution in [1.29, 1.82) is 0 Å². The molecule has 118 valence electrons. The van der Waals surface area contributed by atoms with E-state index in [-0.39, 0.29) is 18.4 Å². The summed E-state index contributed by atoms with van der Waals surface area (Å²) in [6.45, 7) is 4.83. The van der Waals surface area contributed by atoms with Crippen LogP contribution in [0.4, 0.5) is 4.79 Å². The first kappa shape index (κ1) is 17.0. The molecular formula is C14H24N4O3. The summed E-state index contributed by atoms with van der Waals surface area (Å²) in [6.07, 6.45) is 4.17. The van der Waals surface area contributed by atoms with Crippen molar-refractivity contribution < 1.29 is 14.7 Å². The highest BCUT2D eigenvalue weighted by atomic mass is 16.4. The number of aromatic nitrogens is 2. The van der Waals surface area contributed by atoms with Gasteiger partial charge in [-0.2, -0.15) is 0 Å². The van der Waals surface area contributed by atoms with Gasteiger partial charge in [-0.05, 0) is 18.3 Å². The number of nitrogens with zero attached hydrogens (tertiary/aromatic N) is 2. The molecule has 0 aliphatic rings. The Bertz CT molecular complexity index is 445. The van der Waals surface area contributed by atoms with Crippen LogP contribution in [0, 0.1) is 11.8 Å². The number of aliphatic carboxylic acids is 1. The van der Waals surface area contributed by atoms with Gasteiger partial charge in [0.05, 0.1) is 6.54 Å². The number of hydrogen-bond acceptors (Lipinski definition) is 3. The van der Waals surface area contributed by atoms with Gasteiger partial charge in [-0.3, -0.25) is 4.79 Å². The average Bonchev–Trinajstić information content (AvgIpc) is 2.86. The Morgan fingerprint density at radius 2 is 2.19 bits per heavy atom.